The molecule has 0 rings (SSSR count). The molecule has 0 aromatic heterocycles. The molecular formula is C10H19NO3. The lowest BCUT2D eigenvalue weighted by Crippen LogP contribution is -2.38. The number of aldehydes is 1. The number of nitrogens with one attached hydrogen (secondary N) is 1. The summed E-state index contributed by atoms with van der Waals surface area (Å²) in [5.41, 5.74) is 0. The van der Waals surface area contributed by atoms with E-state index in [1.165, 1.54) is 0 Å². The van der Waals surface area contributed by atoms with Gasteiger partial charge < -0.3 is 14.8 Å². The first kappa shape index (κ1) is 12.9. The number of rotatable bonds is 5. The first-order valence-electron chi connectivity index (χ1n) is 4.88. The van der Waals surface area contributed by atoms with E-state index in [4.69, 9.17) is 4.74 Å². The van der Waals surface area contributed by atoms with Crippen molar-refractivity contribution in [1.29, 1.82) is 0 Å². The molecule has 1 atom stereocenters. The number of ether oxygens (including phenoxy) is 1. The van der Waals surface area contributed by atoms with Crippen LogP contribution in [0.1, 0.15) is 34.1 Å². The van der Waals surface area contributed by atoms with Gasteiger partial charge in [0.2, 0.25) is 0 Å². The monoisotopic (exact) mass is 201 g/mol. The maximum absolute atomic E-state index is 11.1. The number of hydrogen-bond donors (Lipinski definition) is 1. The van der Waals surface area contributed by atoms with E-state index in [2.05, 4.69) is 5.32 Å². The Balaban J connectivity index is 3.92. The molecular weight excluding hydrogens is 182 g/mol. The summed E-state index contributed by atoms with van der Waals surface area (Å²) < 4.78 is 4.86. The van der Waals surface area contributed by atoms with Gasteiger partial charge in [0.1, 0.15) is 6.29 Å². The Bertz CT molecular complexity index is 190. The van der Waals surface area contributed by atoms with E-state index < -0.39 is 12.1 Å². The second-order valence-electron chi connectivity index (χ2n) is 3.97. The summed E-state index contributed by atoms with van der Waals surface area (Å²) in [6, 6.07) is -0.443. The predicted molar refractivity (Wildman–Crippen MR) is 54.1 cm³/mol. The molecule has 0 aliphatic carbocycles. The van der Waals surface area contributed by atoms with Gasteiger partial charge >= 0.3 is 6.09 Å². The third-order valence-electron chi connectivity index (χ3n) is 1.54. The largest absolute Gasteiger partial charge is 0.447 e. The fraction of sp³-hybridized carbons (Fsp3) is 0.800. The Hall–Kier alpha value is -1.06. The minimum absolute atomic E-state index is 0.165. The second kappa shape index (κ2) is 6.40. The molecule has 0 aromatic rings. The molecule has 0 unspecified atom stereocenters. The number of amides is 1. The van der Waals surface area contributed by atoms with E-state index in [-0.39, 0.29) is 6.10 Å². The van der Waals surface area contributed by atoms with Crippen molar-refractivity contribution in [3.05, 3.63) is 0 Å². The molecule has 0 fully saturated rings. The molecule has 0 spiro atoms. The fourth-order valence-corrected chi connectivity index (χ4v) is 1.06. The number of carbonyl (C=O) groups is 2. The summed E-state index contributed by atoms with van der Waals surface area (Å²) in [4.78, 5) is 21.7. The van der Waals surface area contributed by atoms with Gasteiger partial charge in [0.25, 0.3) is 0 Å². The molecule has 0 aromatic carbocycles. The quantitative estimate of drug-likeness (QED) is 0.689. The van der Waals surface area contributed by atoms with E-state index in [0.29, 0.717) is 12.3 Å². The highest BCUT2D eigenvalue weighted by Gasteiger charge is 2.14. The molecule has 0 saturated heterocycles. The lowest BCUT2D eigenvalue weighted by molar-refractivity contribution is -0.109. The molecule has 0 aliphatic heterocycles. The van der Waals surface area contributed by atoms with Gasteiger partial charge in [-0.3, -0.25) is 0 Å². The van der Waals surface area contributed by atoms with E-state index in [1.54, 1.807) is 13.8 Å². The highest BCUT2D eigenvalue weighted by atomic mass is 16.6. The molecule has 82 valence electrons. The highest BCUT2D eigenvalue weighted by Crippen LogP contribution is 2.03. The third-order valence-corrected chi connectivity index (χ3v) is 1.54. The van der Waals surface area contributed by atoms with Gasteiger partial charge in [-0.2, -0.15) is 0 Å². The Morgan fingerprint density at radius 2 is 1.93 bits per heavy atom. The summed E-state index contributed by atoms with van der Waals surface area (Å²) in [7, 11) is 0. The molecule has 14 heavy (non-hydrogen) atoms. The fourth-order valence-electron chi connectivity index (χ4n) is 1.06. The van der Waals surface area contributed by atoms with Crippen LogP contribution < -0.4 is 5.32 Å². The number of alkyl carbamates (subject to hydrolysis) is 1. The summed E-state index contributed by atoms with van der Waals surface area (Å²) in [6.07, 6.45) is 0.678. The minimum atomic E-state index is -0.530. The van der Waals surface area contributed by atoms with Gasteiger partial charge in [-0.15, -0.1) is 0 Å². The van der Waals surface area contributed by atoms with Crippen molar-refractivity contribution in [2.75, 3.05) is 0 Å². The van der Waals surface area contributed by atoms with Crippen molar-refractivity contribution in [1.82, 2.24) is 5.32 Å². The topological polar surface area (TPSA) is 55.4 Å². The molecule has 1 amide bonds. The molecule has 0 aliphatic rings. The zero-order valence-electron chi connectivity index (χ0n) is 9.24. The molecule has 0 radical (unpaired) electrons. The number of hydrogen-bond acceptors (Lipinski definition) is 3. The Morgan fingerprint density at radius 1 is 1.36 bits per heavy atom. The van der Waals surface area contributed by atoms with Gasteiger partial charge in [-0.25, -0.2) is 4.79 Å². The van der Waals surface area contributed by atoms with Crippen LogP contribution in [0, 0.1) is 5.92 Å². The normalized spacial score (nSPS) is 12.7. The van der Waals surface area contributed by atoms with Crippen molar-refractivity contribution >= 4 is 12.4 Å². The molecule has 0 heterocycles. The van der Waals surface area contributed by atoms with Crippen LogP contribution in [0.15, 0.2) is 0 Å². The zero-order chi connectivity index (χ0) is 11.1. The van der Waals surface area contributed by atoms with Gasteiger partial charge in [-0.1, -0.05) is 13.8 Å². The number of carbonyl (C=O) groups excluding carboxylic acids is 2. The smallest absolute Gasteiger partial charge is 0.407 e. The Kier molecular flexibility index (Phi) is 5.92. The first-order valence-corrected chi connectivity index (χ1v) is 4.88. The van der Waals surface area contributed by atoms with E-state index >= 15 is 0 Å². The summed E-state index contributed by atoms with van der Waals surface area (Å²) in [5, 5.41) is 2.50. The Morgan fingerprint density at radius 3 is 2.29 bits per heavy atom. The molecule has 1 N–H and O–H groups in total. The van der Waals surface area contributed by atoms with Crippen LogP contribution in [-0.4, -0.2) is 24.5 Å². The average Bonchev–Trinajstić information content (AvgIpc) is 2.00. The van der Waals surface area contributed by atoms with E-state index in [1.807, 2.05) is 13.8 Å². The first-order chi connectivity index (χ1) is 6.45. The zero-order valence-corrected chi connectivity index (χ0v) is 9.24. The maximum Gasteiger partial charge on any atom is 0.407 e. The average molecular weight is 201 g/mol. The van der Waals surface area contributed by atoms with Gasteiger partial charge in [0.15, 0.2) is 0 Å². The second-order valence-corrected chi connectivity index (χ2v) is 3.97. The minimum Gasteiger partial charge on any atom is -0.447 e. The van der Waals surface area contributed by atoms with Gasteiger partial charge in [0.05, 0.1) is 12.1 Å². The van der Waals surface area contributed by atoms with Crippen LogP contribution in [0.25, 0.3) is 0 Å². The van der Waals surface area contributed by atoms with Crippen LogP contribution in [-0.2, 0) is 9.53 Å². The van der Waals surface area contributed by atoms with Crippen LogP contribution in [0.5, 0.6) is 0 Å². The van der Waals surface area contributed by atoms with Crippen molar-refractivity contribution in [3.63, 3.8) is 0 Å². The standard InChI is InChI=1S/C10H19NO3/c1-7(2)5-9(6-12)11-10(13)14-8(3)4/h6-9H,5H2,1-4H3,(H,11,13)/t9-/m0/s1. The van der Waals surface area contributed by atoms with Crippen molar-refractivity contribution < 1.29 is 14.3 Å². The molecule has 4 heteroatoms. The highest BCUT2D eigenvalue weighted by molar-refractivity contribution is 5.73. The summed E-state index contributed by atoms with van der Waals surface area (Å²) in [6.45, 7) is 7.51. The maximum atomic E-state index is 11.1. The molecule has 0 saturated carbocycles. The molecule has 4 nitrogen and oxygen atoms in total. The van der Waals surface area contributed by atoms with Crippen molar-refractivity contribution in [2.45, 2.75) is 46.3 Å². The van der Waals surface area contributed by atoms with Crippen LogP contribution >= 0.6 is 0 Å². The lowest BCUT2D eigenvalue weighted by Gasteiger charge is -2.15. The lowest BCUT2D eigenvalue weighted by atomic mass is 10.1. The van der Waals surface area contributed by atoms with Crippen LogP contribution in [0.2, 0.25) is 0 Å². The molecule has 0 bridgehead atoms. The van der Waals surface area contributed by atoms with E-state index in [0.717, 1.165) is 6.29 Å². The van der Waals surface area contributed by atoms with Crippen molar-refractivity contribution in [2.24, 2.45) is 5.92 Å². The van der Waals surface area contributed by atoms with Crippen LogP contribution in [0.4, 0.5) is 4.79 Å². The summed E-state index contributed by atoms with van der Waals surface area (Å²) in [5.74, 6) is 0.365. The Labute approximate surface area is 85.0 Å². The van der Waals surface area contributed by atoms with Crippen LogP contribution in [0.3, 0.4) is 0 Å². The van der Waals surface area contributed by atoms with E-state index in [9.17, 15) is 9.59 Å². The van der Waals surface area contributed by atoms with Crippen molar-refractivity contribution in [3.8, 4) is 0 Å². The summed E-state index contributed by atoms with van der Waals surface area (Å²) >= 11 is 0. The third kappa shape index (κ3) is 6.46. The van der Waals surface area contributed by atoms with Gasteiger partial charge in [0, 0.05) is 0 Å². The predicted octanol–water partition coefficient (Wildman–Crippen LogP) is 1.73. The SMILES string of the molecule is CC(C)C[C@@H](C=O)NC(=O)OC(C)C. The van der Waals surface area contributed by atoms with Gasteiger partial charge in [-0.05, 0) is 26.2 Å².